The van der Waals surface area contributed by atoms with E-state index < -0.39 is 17.7 Å². The van der Waals surface area contributed by atoms with E-state index in [1.807, 2.05) is 19.1 Å². The quantitative estimate of drug-likeness (QED) is 0.618. The van der Waals surface area contributed by atoms with E-state index >= 15 is 0 Å². The minimum absolute atomic E-state index is 0.0768. The molecule has 1 aliphatic rings. The molecule has 0 saturated carbocycles. The molecule has 0 spiro atoms. The number of ether oxygens (including phenoxy) is 1. The molecule has 2 atom stereocenters. The van der Waals surface area contributed by atoms with Crippen LogP contribution in [0.15, 0.2) is 42.5 Å². The van der Waals surface area contributed by atoms with Crippen LogP contribution in [0.5, 0.6) is 0 Å². The molecule has 1 fully saturated rings. The topological polar surface area (TPSA) is 58.6 Å². The van der Waals surface area contributed by atoms with Gasteiger partial charge in [-0.3, -0.25) is 4.79 Å². The van der Waals surface area contributed by atoms with Gasteiger partial charge in [-0.15, -0.1) is 0 Å². The second kappa shape index (κ2) is 9.93. The van der Waals surface area contributed by atoms with Crippen LogP contribution >= 0.6 is 11.9 Å². The highest BCUT2D eigenvalue weighted by molar-refractivity contribution is 7.97. The number of hydrogen-bond acceptors (Lipinski definition) is 4. The molecule has 2 amide bonds. The Bertz CT molecular complexity index is 908. The van der Waals surface area contributed by atoms with Crippen LogP contribution in [0.4, 0.5) is 13.6 Å². The number of carbonyl (C=O) groups is 2. The van der Waals surface area contributed by atoms with E-state index in [0.29, 0.717) is 36.9 Å². The molecule has 8 heteroatoms. The Balaban J connectivity index is 1.61. The van der Waals surface area contributed by atoms with Gasteiger partial charge in [0, 0.05) is 37.3 Å². The number of nitrogens with one attached hydrogen (secondary N) is 1. The summed E-state index contributed by atoms with van der Waals surface area (Å²) >= 11 is 1.25. The van der Waals surface area contributed by atoms with Gasteiger partial charge in [0.2, 0.25) is 5.91 Å². The highest BCUT2D eigenvalue weighted by atomic mass is 32.2. The summed E-state index contributed by atoms with van der Waals surface area (Å²) in [4.78, 5) is 25.7. The van der Waals surface area contributed by atoms with Gasteiger partial charge >= 0.3 is 6.09 Å². The lowest BCUT2D eigenvalue weighted by molar-refractivity contribution is -0.120. The summed E-state index contributed by atoms with van der Waals surface area (Å²) in [7, 11) is 0. The van der Waals surface area contributed by atoms with Crippen LogP contribution in [-0.4, -0.2) is 35.8 Å². The molecule has 0 radical (unpaired) electrons. The van der Waals surface area contributed by atoms with Gasteiger partial charge in [-0.05, 0) is 36.6 Å². The Morgan fingerprint density at radius 1 is 1.27 bits per heavy atom. The van der Waals surface area contributed by atoms with Crippen molar-refractivity contribution in [1.29, 1.82) is 0 Å². The maximum Gasteiger partial charge on any atom is 0.410 e. The molecule has 2 unspecified atom stereocenters. The predicted octanol–water partition coefficient (Wildman–Crippen LogP) is 5.08. The van der Waals surface area contributed by atoms with Crippen molar-refractivity contribution in [2.24, 2.45) is 0 Å². The minimum Gasteiger partial charge on any atom is -0.446 e. The fourth-order valence-corrected chi connectivity index (χ4v) is 3.83. The van der Waals surface area contributed by atoms with Gasteiger partial charge in [-0.25, -0.2) is 13.6 Å². The van der Waals surface area contributed by atoms with Crippen molar-refractivity contribution in [2.45, 2.75) is 38.3 Å². The second-order valence-corrected chi connectivity index (χ2v) is 7.79. The van der Waals surface area contributed by atoms with Crippen molar-refractivity contribution in [2.75, 3.05) is 12.8 Å². The smallest absolute Gasteiger partial charge is 0.410 e. The monoisotopic (exact) mass is 434 g/mol. The Hall–Kier alpha value is -2.61. The number of rotatable bonds is 7. The third kappa shape index (κ3) is 5.30. The molecule has 160 valence electrons. The Kier molecular flexibility index (Phi) is 7.31. The fraction of sp³-hybridized carbons (Fsp3) is 0.364. The summed E-state index contributed by atoms with van der Waals surface area (Å²) in [6.07, 6.45) is 2.57. The molecule has 5 nitrogen and oxygen atoms in total. The van der Waals surface area contributed by atoms with Crippen molar-refractivity contribution in [1.82, 2.24) is 9.62 Å². The van der Waals surface area contributed by atoms with Gasteiger partial charge in [0.25, 0.3) is 0 Å². The van der Waals surface area contributed by atoms with E-state index in [0.717, 1.165) is 11.6 Å². The standard InChI is InChI=1S/C22H24F2N2O3S/c1-14(26-12-11-18(29-22(26)28)8-10-21(27)25-30-2)15-3-5-16(6-4-15)19-9-7-17(23)13-20(19)24/h3-7,9,13-14,18H,8,10-12H2,1-2H3,(H,25,27). The summed E-state index contributed by atoms with van der Waals surface area (Å²) in [6.45, 7) is 2.43. The zero-order valence-corrected chi connectivity index (χ0v) is 17.7. The van der Waals surface area contributed by atoms with E-state index in [2.05, 4.69) is 4.72 Å². The number of amides is 2. The van der Waals surface area contributed by atoms with Crippen LogP contribution in [0.2, 0.25) is 0 Å². The van der Waals surface area contributed by atoms with Gasteiger partial charge in [-0.1, -0.05) is 36.2 Å². The molecule has 2 aromatic rings. The van der Waals surface area contributed by atoms with Gasteiger partial charge in [0.1, 0.15) is 17.7 Å². The first-order valence-corrected chi connectivity index (χ1v) is 11.0. The molecule has 1 heterocycles. The Labute approximate surface area is 178 Å². The Morgan fingerprint density at radius 2 is 2.00 bits per heavy atom. The van der Waals surface area contributed by atoms with Crippen LogP contribution in [0.1, 0.15) is 37.8 Å². The lowest BCUT2D eigenvalue weighted by atomic mass is 9.99. The molecule has 0 aliphatic carbocycles. The molecule has 2 aromatic carbocycles. The highest BCUT2D eigenvalue weighted by Gasteiger charge is 2.31. The fourth-order valence-electron chi connectivity index (χ4n) is 3.50. The summed E-state index contributed by atoms with van der Waals surface area (Å²) in [5, 5.41) is 0. The molecule has 3 rings (SSSR count). The van der Waals surface area contributed by atoms with Crippen molar-refractivity contribution in [3.05, 3.63) is 59.7 Å². The normalized spacial score (nSPS) is 17.4. The molecule has 30 heavy (non-hydrogen) atoms. The van der Waals surface area contributed by atoms with Crippen LogP contribution in [0.25, 0.3) is 11.1 Å². The van der Waals surface area contributed by atoms with Crippen molar-refractivity contribution in [3.63, 3.8) is 0 Å². The second-order valence-electron chi connectivity index (χ2n) is 7.18. The van der Waals surface area contributed by atoms with Gasteiger partial charge in [0.15, 0.2) is 0 Å². The van der Waals surface area contributed by atoms with Crippen LogP contribution in [-0.2, 0) is 9.53 Å². The number of halogens is 2. The van der Waals surface area contributed by atoms with E-state index in [1.165, 1.54) is 24.1 Å². The first-order chi connectivity index (χ1) is 14.4. The van der Waals surface area contributed by atoms with Gasteiger partial charge < -0.3 is 14.4 Å². The molecule has 0 aromatic heterocycles. The molecular weight excluding hydrogens is 410 g/mol. The number of cyclic esters (lactones) is 1. The van der Waals surface area contributed by atoms with Crippen LogP contribution in [0.3, 0.4) is 0 Å². The van der Waals surface area contributed by atoms with Crippen molar-refractivity contribution < 1.29 is 23.1 Å². The van der Waals surface area contributed by atoms with Gasteiger partial charge in [-0.2, -0.15) is 0 Å². The predicted molar refractivity (Wildman–Crippen MR) is 113 cm³/mol. The lowest BCUT2D eigenvalue weighted by Gasteiger charge is -2.35. The summed E-state index contributed by atoms with van der Waals surface area (Å²) in [5.74, 6) is -1.31. The van der Waals surface area contributed by atoms with Gasteiger partial charge in [0.05, 0.1) is 6.04 Å². The summed E-state index contributed by atoms with van der Waals surface area (Å²) in [5.41, 5.74) is 1.84. The average molecular weight is 435 g/mol. The lowest BCUT2D eigenvalue weighted by Crippen LogP contribution is -2.43. The SMILES string of the molecule is CSNC(=O)CCC1CCN(C(C)c2ccc(-c3ccc(F)cc3F)cc2)C(=O)O1. The minimum atomic E-state index is -0.618. The highest BCUT2D eigenvalue weighted by Crippen LogP contribution is 2.29. The molecular formula is C22H24F2N2O3S. The average Bonchev–Trinajstić information content (AvgIpc) is 2.72. The zero-order valence-electron chi connectivity index (χ0n) is 16.9. The van der Waals surface area contributed by atoms with E-state index in [-0.39, 0.29) is 18.1 Å². The zero-order chi connectivity index (χ0) is 21.7. The van der Waals surface area contributed by atoms with E-state index in [1.54, 1.807) is 23.3 Å². The molecule has 1 aliphatic heterocycles. The summed E-state index contributed by atoms with van der Waals surface area (Å²) in [6, 6.07) is 10.4. The first-order valence-electron chi connectivity index (χ1n) is 9.73. The van der Waals surface area contributed by atoms with Crippen LogP contribution in [0, 0.1) is 11.6 Å². The van der Waals surface area contributed by atoms with Crippen molar-refractivity contribution in [3.8, 4) is 11.1 Å². The largest absolute Gasteiger partial charge is 0.446 e. The third-order valence-electron chi connectivity index (χ3n) is 5.21. The number of carbonyl (C=O) groups excluding carboxylic acids is 2. The number of hydrogen-bond donors (Lipinski definition) is 1. The van der Waals surface area contributed by atoms with Crippen LogP contribution < -0.4 is 4.72 Å². The van der Waals surface area contributed by atoms with E-state index in [4.69, 9.17) is 4.74 Å². The summed E-state index contributed by atoms with van der Waals surface area (Å²) < 4.78 is 35.3. The number of nitrogens with zero attached hydrogens (tertiary/aromatic N) is 1. The maximum absolute atomic E-state index is 14.0. The Morgan fingerprint density at radius 3 is 2.63 bits per heavy atom. The molecule has 1 N–H and O–H groups in total. The molecule has 0 bridgehead atoms. The first kappa shape index (κ1) is 22.1. The number of benzene rings is 2. The van der Waals surface area contributed by atoms with Crippen molar-refractivity contribution >= 4 is 23.9 Å². The molecule has 1 saturated heterocycles. The maximum atomic E-state index is 14.0. The third-order valence-corrected chi connectivity index (χ3v) is 5.64. The van der Waals surface area contributed by atoms with E-state index in [9.17, 15) is 18.4 Å².